The van der Waals surface area contributed by atoms with Crippen molar-refractivity contribution in [2.75, 3.05) is 6.54 Å². The van der Waals surface area contributed by atoms with Gasteiger partial charge in [0, 0.05) is 6.54 Å². The summed E-state index contributed by atoms with van der Waals surface area (Å²) in [7, 11) is 0. The van der Waals surface area contributed by atoms with Gasteiger partial charge < -0.3 is 10.1 Å². The van der Waals surface area contributed by atoms with Crippen LogP contribution in [0.15, 0.2) is 18.2 Å². The van der Waals surface area contributed by atoms with Crippen molar-refractivity contribution in [1.82, 2.24) is 5.32 Å². The Balaban J connectivity index is 2.52. The van der Waals surface area contributed by atoms with E-state index >= 15 is 0 Å². The number of hydrogen-bond acceptors (Lipinski definition) is 2. The second-order valence-electron chi connectivity index (χ2n) is 5.08. The van der Waals surface area contributed by atoms with Gasteiger partial charge in [0.15, 0.2) is 0 Å². The fraction of sp³-hybridized carbons (Fsp3) is 0.357. The lowest BCUT2D eigenvalue weighted by Crippen LogP contribution is -2.32. The normalized spacial score (nSPS) is 11.7. The molecule has 0 heterocycles. The van der Waals surface area contributed by atoms with Crippen LogP contribution in [0.25, 0.3) is 6.08 Å². The molecule has 0 fully saturated rings. The fourth-order valence-electron chi connectivity index (χ4n) is 1.32. The van der Waals surface area contributed by atoms with Crippen molar-refractivity contribution < 1.29 is 9.53 Å². The van der Waals surface area contributed by atoms with Crippen LogP contribution in [-0.2, 0) is 4.74 Å². The molecule has 1 rings (SSSR count). The summed E-state index contributed by atoms with van der Waals surface area (Å²) in [6.45, 7) is 5.76. The first-order valence-electron chi connectivity index (χ1n) is 5.97. The third-order valence-electron chi connectivity index (χ3n) is 2.08. The molecule has 0 saturated carbocycles. The summed E-state index contributed by atoms with van der Waals surface area (Å²) in [5.74, 6) is 0. The maximum Gasteiger partial charge on any atom is 0.407 e. The van der Waals surface area contributed by atoms with E-state index in [9.17, 15) is 4.79 Å². The molecule has 0 unspecified atom stereocenters. The number of halogens is 3. The predicted molar refractivity (Wildman–Crippen MR) is 84.7 cm³/mol. The van der Waals surface area contributed by atoms with Crippen molar-refractivity contribution in [3.63, 3.8) is 0 Å². The van der Waals surface area contributed by atoms with Crippen molar-refractivity contribution in [3.8, 4) is 0 Å². The van der Waals surface area contributed by atoms with Crippen LogP contribution in [0.4, 0.5) is 4.79 Å². The Hall–Kier alpha value is -0.900. The second-order valence-corrected chi connectivity index (χ2v) is 6.28. The van der Waals surface area contributed by atoms with Crippen molar-refractivity contribution in [2.24, 2.45) is 0 Å². The van der Waals surface area contributed by atoms with Crippen LogP contribution in [-0.4, -0.2) is 18.2 Å². The summed E-state index contributed by atoms with van der Waals surface area (Å²) in [5.41, 5.74) is 0.292. The van der Waals surface area contributed by atoms with Crippen LogP contribution in [0.2, 0.25) is 15.1 Å². The molecule has 6 heteroatoms. The average molecular weight is 337 g/mol. The summed E-state index contributed by atoms with van der Waals surface area (Å²) in [6, 6.07) is 3.39. The number of carbonyl (C=O) groups excluding carboxylic acids is 1. The summed E-state index contributed by atoms with van der Waals surface area (Å²) >= 11 is 17.7. The number of ether oxygens (including phenoxy) is 1. The zero-order chi connectivity index (χ0) is 15.3. The molecule has 1 amide bonds. The van der Waals surface area contributed by atoms with Crippen LogP contribution in [0, 0.1) is 0 Å². The smallest absolute Gasteiger partial charge is 0.407 e. The van der Waals surface area contributed by atoms with Gasteiger partial charge in [0.2, 0.25) is 0 Å². The van der Waals surface area contributed by atoms with Crippen LogP contribution in [0.3, 0.4) is 0 Å². The molecule has 1 aromatic carbocycles. The molecular weight excluding hydrogens is 321 g/mol. The van der Waals surface area contributed by atoms with Gasteiger partial charge in [-0.05, 0) is 38.5 Å². The van der Waals surface area contributed by atoms with E-state index in [2.05, 4.69) is 5.32 Å². The number of alkyl carbamates (subject to hydrolysis) is 1. The van der Waals surface area contributed by atoms with Crippen LogP contribution < -0.4 is 5.32 Å². The summed E-state index contributed by atoms with van der Waals surface area (Å²) in [6.07, 6.45) is 3.08. The molecule has 0 aliphatic heterocycles. The zero-order valence-electron chi connectivity index (χ0n) is 11.5. The topological polar surface area (TPSA) is 38.3 Å². The monoisotopic (exact) mass is 335 g/mol. The van der Waals surface area contributed by atoms with Crippen molar-refractivity contribution in [1.29, 1.82) is 0 Å². The number of amides is 1. The van der Waals surface area contributed by atoms with E-state index in [4.69, 9.17) is 39.5 Å². The third kappa shape index (κ3) is 6.04. The number of benzene rings is 1. The molecule has 1 aromatic rings. The second kappa shape index (κ2) is 7.21. The Morgan fingerprint density at radius 3 is 2.30 bits per heavy atom. The first-order chi connectivity index (χ1) is 9.19. The van der Waals surface area contributed by atoms with Gasteiger partial charge in [0.1, 0.15) is 5.60 Å². The molecule has 20 heavy (non-hydrogen) atoms. The summed E-state index contributed by atoms with van der Waals surface area (Å²) < 4.78 is 5.10. The summed E-state index contributed by atoms with van der Waals surface area (Å²) in [5, 5.41) is 3.72. The molecule has 110 valence electrons. The van der Waals surface area contributed by atoms with Gasteiger partial charge in [-0.1, -0.05) is 47.0 Å². The van der Waals surface area contributed by atoms with E-state index in [0.29, 0.717) is 21.6 Å². The fourth-order valence-corrected chi connectivity index (χ4v) is 1.94. The van der Waals surface area contributed by atoms with Gasteiger partial charge in [-0.2, -0.15) is 0 Å². The Labute approximate surface area is 133 Å². The minimum atomic E-state index is -0.509. The largest absolute Gasteiger partial charge is 0.444 e. The van der Waals surface area contributed by atoms with Gasteiger partial charge in [0.25, 0.3) is 0 Å². The van der Waals surface area contributed by atoms with Crippen molar-refractivity contribution in [3.05, 3.63) is 38.8 Å². The lowest BCUT2D eigenvalue weighted by atomic mass is 10.2. The van der Waals surface area contributed by atoms with Crippen LogP contribution in [0.1, 0.15) is 26.3 Å². The SMILES string of the molecule is CC(C)(C)OC(=O)NCC=Cc1cc(Cl)c(Cl)c(Cl)c1. The number of rotatable bonds is 3. The minimum absolute atomic E-state index is 0.331. The van der Waals surface area contributed by atoms with E-state index in [1.807, 2.05) is 0 Å². The molecule has 0 aromatic heterocycles. The van der Waals surface area contributed by atoms with Gasteiger partial charge in [-0.15, -0.1) is 0 Å². The highest BCUT2D eigenvalue weighted by Gasteiger charge is 2.14. The van der Waals surface area contributed by atoms with Gasteiger partial charge in [-0.25, -0.2) is 4.79 Å². The number of carbonyl (C=O) groups is 1. The highest BCUT2D eigenvalue weighted by Crippen LogP contribution is 2.31. The number of hydrogen-bond donors (Lipinski definition) is 1. The molecular formula is C14H16Cl3NO2. The van der Waals surface area contributed by atoms with Gasteiger partial charge >= 0.3 is 6.09 Å². The maximum atomic E-state index is 11.4. The third-order valence-corrected chi connectivity index (χ3v) is 3.28. The maximum absolute atomic E-state index is 11.4. The molecule has 0 aliphatic rings. The molecule has 0 atom stereocenters. The standard InChI is InChI=1S/C14H16Cl3NO2/c1-14(2,3)20-13(19)18-6-4-5-9-7-10(15)12(17)11(16)8-9/h4-5,7-8H,6H2,1-3H3,(H,18,19). The summed E-state index contributed by atoms with van der Waals surface area (Å²) in [4.78, 5) is 11.4. The van der Waals surface area contributed by atoms with Gasteiger partial charge in [0.05, 0.1) is 15.1 Å². The molecule has 0 radical (unpaired) electrons. The van der Waals surface area contributed by atoms with Gasteiger partial charge in [-0.3, -0.25) is 0 Å². The Morgan fingerprint density at radius 1 is 1.25 bits per heavy atom. The first kappa shape index (κ1) is 17.2. The van der Waals surface area contributed by atoms with Crippen molar-refractivity contribution >= 4 is 47.0 Å². The van der Waals surface area contributed by atoms with E-state index in [1.165, 1.54) is 0 Å². The average Bonchev–Trinajstić information content (AvgIpc) is 2.29. The van der Waals surface area contributed by atoms with Crippen molar-refractivity contribution in [2.45, 2.75) is 26.4 Å². The lowest BCUT2D eigenvalue weighted by Gasteiger charge is -2.19. The molecule has 0 spiro atoms. The van der Waals surface area contributed by atoms with E-state index in [-0.39, 0.29) is 0 Å². The quantitative estimate of drug-likeness (QED) is 0.772. The Kier molecular flexibility index (Phi) is 6.18. The number of nitrogens with one attached hydrogen (secondary N) is 1. The predicted octanol–water partition coefficient (Wildman–Crippen LogP) is 5.18. The zero-order valence-corrected chi connectivity index (χ0v) is 13.7. The first-order valence-corrected chi connectivity index (χ1v) is 7.10. The van der Waals surface area contributed by atoms with E-state index in [1.54, 1.807) is 45.1 Å². The molecule has 0 saturated heterocycles. The highest BCUT2D eigenvalue weighted by molar-refractivity contribution is 6.48. The molecule has 3 nitrogen and oxygen atoms in total. The Morgan fingerprint density at radius 2 is 1.80 bits per heavy atom. The van der Waals surface area contributed by atoms with Crippen LogP contribution >= 0.6 is 34.8 Å². The van der Waals surface area contributed by atoms with E-state index < -0.39 is 11.7 Å². The Bertz CT molecular complexity index is 499. The van der Waals surface area contributed by atoms with Crippen LogP contribution in [0.5, 0.6) is 0 Å². The minimum Gasteiger partial charge on any atom is -0.444 e. The molecule has 1 N–H and O–H groups in total. The lowest BCUT2D eigenvalue weighted by molar-refractivity contribution is 0.0534. The van der Waals surface area contributed by atoms with E-state index in [0.717, 1.165) is 5.56 Å². The molecule has 0 bridgehead atoms. The highest BCUT2D eigenvalue weighted by atomic mass is 35.5. The molecule has 0 aliphatic carbocycles.